The zero-order chi connectivity index (χ0) is 11.5. The third-order valence-electron chi connectivity index (χ3n) is 2.83. The first kappa shape index (κ1) is 11.1. The van der Waals surface area contributed by atoms with E-state index in [2.05, 4.69) is 10.3 Å². The Labute approximate surface area is 93.5 Å². The third kappa shape index (κ3) is 2.61. The second kappa shape index (κ2) is 4.65. The molecule has 1 aromatic heterocycles. The van der Waals surface area contributed by atoms with E-state index in [1.165, 1.54) is 12.8 Å². The molecule has 0 atom stereocenters. The van der Waals surface area contributed by atoms with Gasteiger partial charge in [-0.2, -0.15) is 0 Å². The van der Waals surface area contributed by atoms with Crippen molar-refractivity contribution >= 4 is 0 Å². The summed E-state index contributed by atoms with van der Waals surface area (Å²) in [5.74, 6) is 0. The summed E-state index contributed by atoms with van der Waals surface area (Å²) in [6.07, 6.45) is 4.78. The molecule has 0 spiro atoms. The summed E-state index contributed by atoms with van der Waals surface area (Å²) >= 11 is 0. The van der Waals surface area contributed by atoms with Gasteiger partial charge < -0.3 is 5.32 Å². The molecule has 1 aromatic rings. The lowest BCUT2D eigenvalue weighted by Crippen LogP contribution is -2.34. The summed E-state index contributed by atoms with van der Waals surface area (Å²) < 4.78 is 1.57. The van der Waals surface area contributed by atoms with Crippen LogP contribution in [0.5, 0.6) is 0 Å². The lowest BCUT2D eigenvalue weighted by atomic mass is 10.3. The van der Waals surface area contributed by atoms with Crippen LogP contribution in [0.15, 0.2) is 15.8 Å². The number of aromatic amines is 1. The number of hydrogen-bond donors (Lipinski definition) is 2. The molecule has 1 aliphatic rings. The quantitative estimate of drug-likeness (QED) is 0.729. The van der Waals surface area contributed by atoms with Crippen LogP contribution in [-0.4, -0.2) is 22.1 Å². The van der Waals surface area contributed by atoms with Crippen molar-refractivity contribution in [3.8, 4) is 0 Å². The van der Waals surface area contributed by atoms with Gasteiger partial charge in [0.25, 0.3) is 5.56 Å². The van der Waals surface area contributed by atoms with E-state index < -0.39 is 0 Å². The molecule has 0 amide bonds. The predicted molar refractivity (Wildman–Crippen MR) is 61.7 cm³/mol. The highest BCUT2D eigenvalue weighted by atomic mass is 16.2. The molecule has 0 radical (unpaired) electrons. The lowest BCUT2D eigenvalue weighted by molar-refractivity contribution is 0.569. The van der Waals surface area contributed by atoms with Gasteiger partial charge in [-0.05, 0) is 19.3 Å². The van der Waals surface area contributed by atoms with Crippen molar-refractivity contribution in [1.29, 1.82) is 0 Å². The van der Waals surface area contributed by atoms with Crippen LogP contribution in [0, 0.1) is 0 Å². The maximum absolute atomic E-state index is 11.5. The van der Waals surface area contributed by atoms with E-state index in [0.717, 1.165) is 6.54 Å². The molecule has 1 heterocycles. The molecule has 0 aromatic carbocycles. The molecule has 5 nitrogen and oxygen atoms in total. The second-order valence-corrected chi connectivity index (χ2v) is 4.19. The van der Waals surface area contributed by atoms with Crippen molar-refractivity contribution in [2.24, 2.45) is 0 Å². The SMILES string of the molecule is CCc1cn(CCNC2CC2)c(=O)[nH]c1=O. The highest BCUT2D eigenvalue weighted by molar-refractivity contribution is 5.03. The van der Waals surface area contributed by atoms with Gasteiger partial charge >= 0.3 is 5.69 Å². The average Bonchev–Trinajstić information content (AvgIpc) is 3.05. The van der Waals surface area contributed by atoms with E-state index in [-0.39, 0.29) is 11.2 Å². The monoisotopic (exact) mass is 223 g/mol. The minimum absolute atomic E-state index is 0.265. The fraction of sp³-hybridized carbons (Fsp3) is 0.636. The van der Waals surface area contributed by atoms with E-state index in [1.54, 1.807) is 10.8 Å². The molecular weight excluding hydrogens is 206 g/mol. The molecule has 1 saturated carbocycles. The van der Waals surface area contributed by atoms with Gasteiger partial charge in [0.05, 0.1) is 0 Å². The lowest BCUT2D eigenvalue weighted by Gasteiger charge is -2.07. The molecule has 5 heteroatoms. The Morgan fingerprint density at radius 1 is 1.50 bits per heavy atom. The van der Waals surface area contributed by atoms with Crippen LogP contribution >= 0.6 is 0 Å². The first-order chi connectivity index (χ1) is 7.70. The number of nitrogens with zero attached hydrogens (tertiary/aromatic N) is 1. The summed E-state index contributed by atoms with van der Waals surface area (Å²) in [4.78, 5) is 25.1. The van der Waals surface area contributed by atoms with Gasteiger partial charge in [0, 0.05) is 30.9 Å². The number of rotatable bonds is 5. The molecule has 88 valence electrons. The van der Waals surface area contributed by atoms with Crippen LogP contribution in [-0.2, 0) is 13.0 Å². The Kier molecular flexibility index (Phi) is 3.24. The van der Waals surface area contributed by atoms with Crippen molar-refractivity contribution in [2.75, 3.05) is 6.54 Å². The fourth-order valence-electron chi connectivity index (χ4n) is 1.65. The van der Waals surface area contributed by atoms with Crippen LogP contribution in [0.3, 0.4) is 0 Å². The van der Waals surface area contributed by atoms with Gasteiger partial charge in [0.15, 0.2) is 0 Å². The minimum Gasteiger partial charge on any atom is -0.312 e. The Balaban J connectivity index is 2.06. The zero-order valence-electron chi connectivity index (χ0n) is 9.45. The number of aromatic nitrogens is 2. The van der Waals surface area contributed by atoms with Crippen molar-refractivity contribution < 1.29 is 0 Å². The molecule has 2 rings (SSSR count). The Hall–Kier alpha value is -1.36. The number of nitrogens with one attached hydrogen (secondary N) is 2. The van der Waals surface area contributed by atoms with E-state index in [0.29, 0.717) is 24.6 Å². The van der Waals surface area contributed by atoms with Gasteiger partial charge in [-0.1, -0.05) is 6.92 Å². The predicted octanol–water partition coefficient (Wildman–Crippen LogP) is -0.149. The van der Waals surface area contributed by atoms with Crippen LogP contribution in [0.25, 0.3) is 0 Å². The van der Waals surface area contributed by atoms with E-state index in [9.17, 15) is 9.59 Å². The van der Waals surface area contributed by atoms with Gasteiger partial charge in [-0.3, -0.25) is 14.3 Å². The maximum Gasteiger partial charge on any atom is 0.328 e. The highest BCUT2D eigenvalue weighted by Crippen LogP contribution is 2.17. The number of H-pyrrole nitrogens is 1. The summed E-state index contributed by atoms with van der Waals surface area (Å²) in [5, 5.41) is 3.33. The van der Waals surface area contributed by atoms with Gasteiger partial charge in [0.1, 0.15) is 0 Å². The molecule has 16 heavy (non-hydrogen) atoms. The largest absolute Gasteiger partial charge is 0.328 e. The maximum atomic E-state index is 11.5. The summed E-state index contributed by atoms with van der Waals surface area (Å²) in [6.45, 7) is 3.29. The second-order valence-electron chi connectivity index (χ2n) is 4.19. The Morgan fingerprint density at radius 3 is 2.88 bits per heavy atom. The van der Waals surface area contributed by atoms with Crippen molar-refractivity contribution in [3.05, 3.63) is 32.6 Å². The third-order valence-corrected chi connectivity index (χ3v) is 2.83. The molecule has 1 aliphatic carbocycles. The Bertz CT molecular complexity index is 471. The number of hydrogen-bond acceptors (Lipinski definition) is 3. The highest BCUT2D eigenvalue weighted by Gasteiger charge is 2.19. The van der Waals surface area contributed by atoms with E-state index in [4.69, 9.17) is 0 Å². The molecule has 0 unspecified atom stereocenters. The molecule has 0 bridgehead atoms. The summed E-state index contributed by atoms with van der Waals surface area (Å²) in [6, 6.07) is 0.643. The Morgan fingerprint density at radius 2 is 2.25 bits per heavy atom. The minimum atomic E-state index is -0.320. The normalized spacial score (nSPS) is 15.3. The van der Waals surface area contributed by atoms with Crippen LogP contribution in [0.4, 0.5) is 0 Å². The zero-order valence-corrected chi connectivity index (χ0v) is 9.45. The van der Waals surface area contributed by atoms with E-state index in [1.807, 2.05) is 6.92 Å². The first-order valence-corrected chi connectivity index (χ1v) is 5.76. The van der Waals surface area contributed by atoms with Gasteiger partial charge in [-0.25, -0.2) is 4.79 Å². The average molecular weight is 223 g/mol. The van der Waals surface area contributed by atoms with Crippen molar-refractivity contribution in [3.63, 3.8) is 0 Å². The first-order valence-electron chi connectivity index (χ1n) is 5.76. The molecule has 0 saturated heterocycles. The van der Waals surface area contributed by atoms with Crippen LogP contribution < -0.4 is 16.6 Å². The summed E-state index contributed by atoms with van der Waals surface area (Å²) in [7, 11) is 0. The number of aryl methyl sites for hydroxylation is 1. The van der Waals surface area contributed by atoms with Crippen LogP contribution in [0.2, 0.25) is 0 Å². The van der Waals surface area contributed by atoms with Crippen LogP contribution in [0.1, 0.15) is 25.3 Å². The smallest absolute Gasteiger partial charge is 0.312 e. The van der Waals surface area contributed by atoms with Gasteiger partial charge in [-0.15, -0.1) is 0 Å². The van der Waals surface area contributed by atoms with Crippen molar-refractivity contribution in [2.45, 2.75) is 38.8 Å². The molecular formula is C11H17N3O2. The molecule has 1 fully saturated rings. The topological polar surface area (TPSA) is 66.9 Å². The summed E-state index contributed by atoms with van der Waals surface area (Å²) in [5.41, 5.74) is 0.0738. The van der Waals surface area contributed by atoms with E-state index >= 15 is 0 Å². The fourth-order valence-corrected chi connectivity index (χ4v) is 1.65. The standard InChI is InChI=1S/C11H17N3O2/c1-2-8-7-14(11(16)13-10(8)15)6-5-12-9-3-4-9/h7,9,12H,2-6H2,1H3,(H,13,15,16). The van der Waals surface area contributed by atoms with Gasteiger partial charge in [0.2, 0.25) is 0 Å². The molecule has 0 aliphatic heterocycles. The van der Waals surface area contributed by atoms with Crippen molar-refractivity contribution in [1.82, 2.24) is 14.9 Å². The molecule has 2 N–H and O–H groups in total.